The molecule has 2 aliphatic rings. The number of aromatic nitrogens is 4. The Morgan fingerprint density at radius 1 is 1.26 bits per heavy atom. The number of H-pyrrole nitrogens is 1. The number of likely N-dealkylation sites (tertiary alicyclic amines) is 1. The van der Waals surface area contributed by atoms with Crippen LogP contribution in [0.25, 0.3) is 0 Å². The third kappa shape index (κ3) is 3.03. The molecule has 0 spiro atoms. The molecule has 0 saturated carbocycles. The molecule has 2 aromatic rings. The lowest BCUT2D eigenvalue weighted by molar-refractivity contribution is 0.151. The minimum Gasteiger partial charge on any atom is -0.375 e. The van der Waals surface area contributed by atoms with Gasteiger partial charge >= 0.3 is 0 Å². The van der Waals surface area contributed by atoms with Crippen molar-refractivity contribution in [1.82, 2.24) is 25.0 Å². The van der Waals surface area contributed by atoms with E-state index in [0.717, 1.165) is 37.5 Å². The predicted octanol–water partition coefficient (Wildman–Crippen LogP) is 2.16. The number of fused-ring (bicyclic) bond motifs is 1. The van der Waals surface area contributed by atoms with Gasteiger partial charge in [0, 0.05) is 12.8 Å². The lowest BCUT2D eigenvalue weighted by Gasteiger charge is -2.20. The number of rotatable bonds is 5. The maximum Gasteiger partial charge on any atom is 0.252 e. The summed E-state index contributed by atoms with van der Waals surface area (Å²) in [4.78, 5) is 15.2. The normalized spacial score (nSPS) is 21.7. The Hall–Kier alpha value is -1.73. The molecule has 7 nitrogen and oxygen atoms in total. The number of aromatic amines is 1. The van der Waals surface area contributed by atoms with Crippen molar-refractivity contribution >= 4 is 0 Å². The van der Waals surface area contributed by atoms with Gasteiger partial charge in [-0.25, -0.2) is 4.98 Å². The molecule has 2 aromatic heterocycles. The molecule has 0 bridgehead atoms. The second kappa shape index (κ2) is 6.41. The molecule has 124 valence electrons. The van der Waals surface area contributed by atoms with Gasteiger partial charge in [-0.05, 0) is 45.1 Å². The quantitative estimate of drug-likeness (QED) is 0.910. The van der Waals surface area contributed by atoms with Crippen molar-refractivity contribution < 1.29 is 9.26 Å². The van der Waals surface area contributed by atoms with Gasteiger partial charge in [0.2, 0.25) is 0 Å². The van der Waals surface area contributed by atoms with Crippen molar-refractivity contribution in [2.24, 2.45) is 0 Å². The van der Waals surface area contributed by atoms with E-state index in [1.807, 2.05) is 0 Å². The van der Waals surface area contributed by atoms with Gasteiger partial charge in [0.1, 0.15) is 12.4 Å². The van der Waals surface area contributed by atoms with E-state index >= 15 is 0 Å². The van der Waals surface area contributed by atoms with Crippen molar-refractivity contribution in [3.8, 4) is 0 Å². The highest BCUT2D eigenvalue weighted by Crippen LogP contribution is 2.33. The average molecular weight is 317 g/mol. The summed E-state index contributed by atoms with van der Waals surface area (Å²) in [6, 6.07) is 0.338. The van der Waals surface area contributed by atoms with Gasteiger partial charge in [0.15, 0.2) is 5.82 Å². The first-order chi connectivity index (χ1) is 11.3. The van der Waals surface area contributed by atoms with Crippen LogP contribution in [0.2, 0.25) is 0 Å². The Morgan fingerprint density at radius 3 is 3.04 bits per heavy atom. The summed E-state index contributed by atoms with van der Waals surface area (Å²) in [5.41, 5.74) is 2.63. The number of nitrogens with one attached hydrogen (secondary N) is 1. The Balaban J connectivity index is 1.48. The first kappa shape index (κ1) is 14.8. The summed E-state index contributed by atoms with van der Waals surface area (Å²) >= 11 is 0. The molecule has 1 atom stereocenters. The molecule has 3 heterocycles. The molecule has 1 aliphatic heterocycles. The highest BCUT2D eigenvalue weighted by Gasteiger charge is 2.30. The van der Waals surface area contributed by atoms with Crippen LogP contribution in [0.5, 0.6) is 0 Å². The van der Waals surface area contributed by atoms with Crippen molar-refractivity contribution in [2.45, 2.75) is 57.7 Å². The Bertz CT molecular complexity index is 642. The maximum absolute atomic E-state index is 5.19. The Kier molecular flexibility index (Phi) is 4.13. The van der Waals surface area contributed by atoms with Gasteiger partial charge < -0.3 is 14.2 Å². The van der Waals surface area contributed by atoms with Gasteiger partial charge in [-0.1, -0.05) is 5.16 Å². The van der Waals surface area contributed by atoms with Gasteiger partial charge in [0.25, 0.3) is 5.89 Å². The van der Waals surface area contributed by atoms with Crippen LogP contribution in [0.1, 0.15) is 60.7 Å². The van der Waals surface area contributed by atoms with Gasteiger partial charge in [-0.2, -0.15) is 4.98 Å². The lowest BCUT2D eigenvalue weighted by Crippen LogP contribution is -2.24. The number of methoxy groups -OCH3 is 1. The van der Waals surface area contributed by atoms with Crippen molar-refractivity contribution in [3.63, 3.8) is 0 Å². The minimum absolute atomic E-state index is 0.338. The van der Waals surface area contributed by atoms with E-state index in [4.69, 9.17) is 14.2 Å². The van der Waals surface area contributed by atoms with Gasteiger partial charge in [0.05, 0.1) is 18.3 Å². The fourth-order valence-corrected chi connectivity index (χ4v) is 3.68. The summed E-state index contributed by atoms with van der Waals surface area (Å²) in [6.45, 7) is 2.11. The molecule has 0 amide bonds. The van der Waals surface area contributed by atoms with Crippen LogP contribution in [0.15, 0.2) is 4.52 Å². The molecular formula is C16H23N5O2. The summed E-state index contributed by atoms with van der Waals surface area (Å²) < 4.78 is 10.2. The van der Waals surface area contributed by atoms with E-state index in [2.05, 4.69) is 20.0 Å². The first-order valence-electron chi connectivity index (χ1n) is 8.45. The van der Waals surface area contributed by atoms with E-state index in [9.17, 15) is 0 Å². The predicted molar refractivity (Wildman–Crippen MR) is 82.6 cm³/mol. The van der Waals surface area contributed by atoms with E-state index in [-0.39, 0.29) is 0 Å². The van der Waals surface area contributed by atoms with E-state index in [1.54, 1.807) is 7.11 Å². The zero-order valence-corrected chi connectivity index (χ0v) is 13.5. The summed E-state index contributed by atoms with van der Waals surface area (Å²) in [6.07, 6.45) is 7.10. The molecule has 0 aromatic carbocycles. The summed E-state index contributed by atoms with van der Waals surface area (Å²) in [5, 5.41) is 4.05. The topological polar surface area (TPSA) is 80.1 Å². The van der Waals surface area contributed by atoms with Crippen molar-refractivity contribution in [1.29, 1.82) is 0 Å². The number of ether oxygens (including phenoxy) is 1. The van der Waals surface area contributed by atoms with Crippen LogP contribution in [0, 0.1) is 0 Å². The largest absolute Gasteiger partial charge is 0.375 e. The second-order valence-electron chi connectivity index (χ2n) is 6.42. The van der Waals surface area contributed by atoms with Gasteiger partial charge in [-0.15, -0.1) is 0 Å². The third-order valence-corrected chi connectivity index (χ3v) is 4.77. The average Bonchev–Trinajstić information content (AvgIpc) is 3.27. The summed E-state index contributed by atoms with van der Waals surface area (Å²) in [5.74, 6) is 2.38. The molecule has 1 unspecified atom stereocenters. The fourth-order valence-electron chi connectivity index (χ4n) is 3.68. The number of hydrogen-bond donors (Lipinski definition) is 1. The molecular weight excluding hydrogens is 294 g/mol. The summed E-state index contributed by atoms with van der Waals surface area (Å²) in [7, 11) is 1.62. The minimum atomic E-state index is 0.338. The SMILES string of the molecule is COCc1nc(CN2CCCC2c2nc3c([nH]2)CCCC3)no1. The standard InChI is InChI=1S/C16H23N5O2/c1-22-10-15-19-14(20-23-15)9-21-8-4-7-13(21)16-17-11-5-2-3-6-12(11)18-16/h13H,2-10H2,1H3,(H,17,18). The van der Waals surface area contributed by atoms with E-state index in [1.165, 1.54) is 30.7 Å². The molecule has 4 rings (SSSR count). The van der Waals surface area contributed by atoms with E-state index < -0.39 is 0 Å². The molecule has 7 heteroatoms. The zero-order valence-electron chi connectivity index (χ0n) is 13.5. The number of hydrogen-bond acceptors (Lipinski definition) is 6. The van der Waals surface area contributed by atoms with Gasteiger partial charge in [-0.3, -0.25) is 4.90 Å². The fraction of sp³-hybridized carbons (Fsp3) is 0.688. The molecule has 23 heavy (non-hydrogen) atoms. The molecule has 1 N–H and O–H groups in total. The molecule has 0 radical (unpaired) electrons. The van der Waals surface area contributed by atoms with Crippen LogP contribution in [0.3, 0.4) is 0 Å². The number of nitrogens with zero attached hydrogens (tertiary/aromatic N) is 4. The van der Waals surface area contributed by atoms with Crippen LogP contribution in [0.4, 0.5) is 0 Å². The van der Waals surface area contributed by atoms with Crippen LogP contribution in [-0.2, 0) is 30.7 Å². The Labute approximate surface area is 135 Å². The van der Waals surface area contributed by atoms with E-state index in [0.29, 0.717) is 25.1 Å². The molecule has 1 saturated heterocycles. The third-order valence-electron chi connectivity index (χ3n) is 4.77. The lowest BCUT2D eigenvalue weighted by atomic mass is 10.0. The van der Waals surface area contributed by atoms with Crippen LogP contribution < -0.4 is 0 Å². The highest BCUT2D eigenvalue weighted by molar-refractivity contribution is 5.19. The Morgan fingerprint density at radius 2 is 2.17 bits per heavy atom. The molecule has 1 aliphatic carbocycles. The highest BCUT2D eigenvalue weighted by atomic mass is 16.5. The first-order valence-corrected chi connectivity index (χ1v) is 8.45. The van der Waals surface area contributed by atoms with Crippen LogP contribution in [-0.4, -0.2) is 38.7 Å². The second-order valence-corrected chi connectivity index (χ2v) is 6.42. The smallest absolute Gasteiger partial charge is 0.252 e. The van der Waals surface area contributed by atoms with Crippen LogP contribution >= 0.6 is 0 Å². The number of imidazole rings is 1. The van der Waals surface area contributed by atoms with Crippen molar-refractivity contribution in [2.75, 3.05) is 13.7 Å². The zero-order chi connectivity index (χ0) is 15.6. The van der Waals surface area contributed by atoms with Crippen molar-refractivity contribution in [3.05, 3.63) is 28.9 Å². The monoisotopic (exact) mass is 317 g/mol. The number of aryl methyl sites for hydroxylation is 2. The maximum atomic E-state index is 5.19. The molecule has 1 fully saturated rings.